The summed E-state index contributed by atoms with van der Waals surface area (Å²) in [6.45, 7) is 0. The number of amides is 1. The average Bonchev–Trinajstić information content (AvgIpc) is 2.89. The van der Waals surface area contributed by atoms with Gasteiger partial charge in [-0.2, -0.15) is 0 Å². The van der Waals surface area contributed by atoms with E-state index < -0.39 is 4.92 Å². The molecule has 2 aromatic rings. The predicted octanol–water partition coefficient (Wildman–Crippen LogP) is 4.03. The number of nitro benzene ring substituents is 1. The second kappa shape index (κ2) is 5.98. The Labute approximate surface area is 136 Å². The molecule has 1 aliphatic heterocycles. The molecule has 1 saturated heterocycles. The van der Waals surface area contributed by atoms with Crippen LogP contribution in [-0.4, -0.2) is 16.6 Å². The van der Waals surface area contributed by atoms with Crippen LogP contribution in [0.1, 0.15) is 10.9 Å². The van der Waals surface area contributed by atoms with E-state index in [9.17, 15) is 14.9 Å². The number of halogens is 1. The summed E-state index contributed by atoms with van der Waals surface area (Å²) in [6.07, 6.45) is 0. The van der Waals surface area contributed by atoms with Gasteiger partial charge in [0, 0.05) is 22.8 Å². The third kappa shape index (κ3) is 2.80. The van der Waals surface area contributed by atoms with E-state index in [1.807, 2.05) is 6.07 Å². The van der Waals surface area contributed by atoms with Gasteiger partial charge in [-0.3, -0.25) is 19.8 Å². The smallest absolute Gasteiger partial charge is 0.269 e. The number of hydrogen-bond acceptors (Lipinski definition) is 4. The van der Waals surface area contributed by atoms with Crippen LogP contribution in [0.15, 0.2) is 48.5 Å². The topological polar surface area (TPSA) is 63.4 Å². The molecular weight excluding hydrogens is 324 g/mol. The molecule has 0 aromatic heterocycles. The number of carbonyl (C=O) groups is 1. The Bertz CT molecular complexity index is 736. The lowest BCUT2D eigenvalue weighted by Crippen LogP contribution is -2.27. The Morgan fingerprint density at radius 3 is 2.59 bits per heavy atom. The van der Waals surface area contributed by atoms with Crippen molar-refractivity contribution in [2.24, 2.45) is 0 Å². The molecule has 0 bridgehead atoms. The van der Waals surface area contributed by atoms with Gasteiger partial charge in [0.15, 0.2) is 0 Å². The molecule has 5 nitrogen and oxygen atoms in total. The van der Waals surface area contributed by atoms with Gasteiger partial charge >= 0.3 is 0 Å². The zero-order valence-electron chi connectivity index (χ0n) is 11.3. The maximum Gasteiger partial charge on any atom is 0.269 e. The minimum atomic E-state index is -0.439. The van der Waals surface area contributed by atoms with Crippen LogP contribution in [0.3, 0.4) is 0 Å². The van der Waals surface area contributed by atoms with Crippen LogP contribution in [0.25, 0.3) is 0 Å². The highest BCUT2D eigenvalue weighted by molar-refractivity contribution is 8.00. The second-order valence-electron chi connectivity index (χ2n) is 4.76. The number of anilines is 1. The summed E-state index contributed by atoms with van der Waals surface area (Å²) in [5.41, 5.74) is 1.61. The normalized spacial score (nSPS) is 17.8. The first-order valence-corrected chi connectivity index (χ1v) is 7.92. The molecule has 1 fully saturated rings. The molecule has 0 N–H and O–H groups in total. The van der Waals surface area contributed by atoms with Gasteiger partial charge in [0.05, 0.1) is 10.7 Å². The Hall–Kier alpha value is -2.05. The Morgan fingerprint density at radius 1 is 1.23 bits per heavy atom. The molecule has 1 aliphatic rings. The maximum absolute atomic E-state index is 12.2. The highest BCUT2D eigenvalue weighted by atomic mass is 35.5. The maximum atomic E-state index is 12.2. The van der Waals surface area contributed by atoms with Crippen molar-refractivity contribution in [3.8, 4) is 0 Å². The molecule has 1 heterocycles. The quantitative estimate of drug-likeness (QED) is 0.628. The SMILES string of the molecule is O=C1CS[C@H](c2ccc([N+](=O)[O-])cc2)N1c1cccc(Cl)c1. The van der Waals surface area contributed by atoms with Crippen molar-refractivity contribution in [2.45, 2.75) is 5.37 Å². The van der Waals surface area contributed by atoms with Crippen molar-refractivity contribution < 1.29 is 9.72 Å². The fourth-order valence-corrected chi connectivity index (χ4v) is 3.70. The number of rotatable bonds is 3. The van der Waals surface area contributed by atoms with Gasteiger partial charge < -0.3 is 0 Å². The number of hydrogen-bond donors (Lipinski definition) is 0. The van der Waals surface area contributed by atoms with Gasteiger partial charge in [0.25, 0.3) is 5.69 Å². The third-order valence-electron chi connectivity index (χ3n) is 3.34. The third-order valence-corrected chi connectivity index (χ3v) is 4.79. The molecule has 0 spiro atoms. The fourth-order valence-electron chi connectivity index (χ4n) is 2.34. The largest absolute Gasteiger partial charge is 0.295 e. The summed E-state index contributed by atoms with van der Waals surface area (Å²) >= 11 is 7.49. The zero-order chi connectivity index (χ0) is 15.7. The minimum absolute atomic E-state index is 0.00406. The summed E-state index contributed by atoms with van der Waals surface area (Å²) in [4.78, 5) is 24.2. The summed E-state index contributed by atoms with van der Waals surface area (Å²) in [7, 11) is 0. The molecule has 0 saturated carbocycles. The van der Waals surface area contributed by atoms with Gasteiger partial charge in [-0.1, -0.05) is 17.7 Å². The van der Waals surface area contributed by atoms with Crippen LogP contribution < -0.4 is 4.90 Å². The summed E-state index contributed by atoms with van der Waals surface area (Å²) < 4.78 is 0. The van der Waals surface area contributed by atoms with E-state index in [-0.39, 0.29) is 17.0 Å². The molecule has 1 amide bonds. The Kier molecular flexibility index (Phi) is 4.04. The summed E-state index contributed by atoms with van der Waals surface area (Å²) in [6, 6.07) is 13.4. The molecule has 0 aliphatic carbocycles. The number of non-ortho nitro benzene ring substituents is 1. The molecule has 7 heteroatoms. The van der Waals surface area contributed by atoms with E-state index in [4.69, 9.17) is 11.6 Å². The first-order valence-electron chi connectivity index (χ1n) is 6.50. The van der Waals surface area contributed by atoms with Gasteiger partial charge in [-0.05, 0) is 35.9 Å². The minimum Gasteiger partial charge on any atom is -0.295 e. The monoisotopic (exact) mass is 334 g/mol. The Balaban J connectivity index is 1.95. The van der Waals surface area contributed by atoms with E-state index in [1.165, 1.54) is 23.9 Å². The van der Waals surface area contributed by atoms with Crippen molar-refractivity contribution >= 4 is 40.6 Å². The van der Waals surface area contributed by atoms with Crippen LogP contribution in [0.5, 0.6) is 0 Å². The highest BCUT2D eigenvalue weighted by Gasteiger charge is 2.34. The van der Waals surface area contributed by atoms with Crippen molar-refractivity contribution in [3.05, 3.63) is 69.2 Å². The molecule has 2 aromatic carbocycles. The standard InChI is InChI=1S/C15H11ClN2O3S/c16-11-2-1-3-13(8-11)17-14(19)9-22-15(17)10-4-6-12(7-5-10)18(20)21/h1-8,15H,9H2/t15-/m1/s1. The van der Waals surface area contributed by atoms with Crippen LogP contribution in [0, 0.1) is 10.1 Å². The van der Waals surface area contributed by atoms with Gasteiger partial charge in [-0.25, -0.2) is 0 Å². The summed E-state index contributed by atoms with van der Waals surface area (Å²) in [5, 5.41) is 11.1. The van der Waals surface area contributed by atoms with Crippen molar-refractivity contribution in [3.63, 3.8) is 0 Å². The van der Waals surface area contributed by atoms with Crippen LogP contribution >= 0.6 is 23.4 Å². The molecule has 22 heavy (non-hydrogen) atoms. The van der Waals surface area contributed by atoms with Crippen LogP contribution in [-0.2, 0) is 4.79 Å². The Morgan fingerprint density at radius 2 is 1.95 bits per heavy atom. The van der Waals surface area contributed by atoms with E-state index in [0.717, 1.165) is 11.3 Å². The van der Waals surface area contributed by atoms with Crippen molar-refractivity contribution in [1.29, 1.82) is 0 Å². The summed E-state index contributed by atoms with van der Waals surface area (Å²) in [5.74, 6) is 0.365. The predicted molar refractivity (Wildman–Crippen MR) is 87.2 cm³/mol. The van der Waals surface area contributed by atoms with Crippen LogP contribution in [0.4, 0.5) is 11.4 Å². The average molecular weight is 335 g/mol. The van der Waals surface area contributed by atoms with E-state index in [1.54, 1.807) is 35.2 Å². The highest BCUT2D eigenvalue weighted by Crippen LogP contribution is 2.42. The lowest BCUT2D eigenvalue weighted by Gasteiger charge is -2.24. The first kappa shape index (κ1) is 14.9. The van der Waals surface area contributed by atoms with Crippen molar-refractivity contribution in [2.75, 3.05) is 10.7 Å². The van der Waals surface area contributed by atoms with Gasteiger partial charge in [0.2, 0.25) is 5.91 Å². The van der Waals surface area contributed by atoms with Gasteiger partial charge in [-0.15, -0.1) is 11.8 Å². The molecule has 0 radical (unpaired) electrons. The number of thioether (sulfide) groups is 1. The second-order valence-corrected chi connectivity index (χ2v) is 6.26. The fraction of sp³-hybridized carbons (Fsp3) is 0.133. The zero-order valence-corrected chi connectivity index (χ0v) is 12.9. The molecular formula is C15H11ClN2O3S. The van der Waals surface area contributed by atoms with Gasteiger partial charge in [0.1, 0.15) is 5.37 Å². The van der Waals surface area contributed by atoms with E-state index >= 15 is 0 Å². The van der Waals surface area contributed by atoms with Crippen LogP contribution in [0.2, 0.25) is 5.02 Å². The number of benzene rings is 2. The van der Waals surface area contributed by atoms with E-state index in [0.29, 0.717) is 10.8 Å². The molecule has 112 valence electrons. The lowest BCUT2D eigenvalue weighted by molar-refractivity contribution is -0.384. The molecule has 0 unspecified atom stereocenters. The first-order chi connectivity index (χ1) is 10.6. The lowest BCUT2D eigenvalue weighted by atomic mass is 10.1. The molecule has 1 atom stereocenters. The number of nitro groups is 1. The molecule has 3 rings (SSSR count). The number of carbonyl (C=O) groups excluding carboxylic acids is 1. The number of nitrogens with zero attached hydrogens (tertiary/aromatic N) is 2. The van der Waals surface area contributed by atoms with Crippen molar-refractivity contribution in [1.82, 2.24) is 0 Å². The van der Waals surface area contributed by atoms with E-state index in [2.05, 4.69) is 0 Å².